The van der Waals surface area contributed by atoms with E-state index in [1.807, 2.05) is 13.0 Å². The van der Waals surface area contributed by atoms with Crippen LogP contribution in [0.3, 0.4) is 0 Å². The first kappa shape index (κ1) is 87.3. The maximum absolute atomic E-state index is 12.2. The average Bonchev–Trinajstić information content (AvgIpc) is 1.62. The normalized spacial score (nSPS) is 26.5. The lowest BCUT2D eigenvalue weighted by molar-refractivity contribution is -0.0353. The number of nitrogens with two attached hydrogens (primary N) is 2. The first-order valence-electron chi connectivity index (χ1n) is 31.7. The number of ether oxygens (including phenoxy) is 4. The Morgan fingerprint density at radius 2 is 0.863 bits per heavy atom. The van der Waals surface area contributed by atoms with E-state index >= 15 is 0 Å². The van der Waals surface area contributed by atoms with Crippen LogP contribution in [0.2, 0.25) is 0 Å². The maximum Gasteiger partial charge on any atom is 0.282 e. The Morgan fingerprint density at radius 1 is 0.480 bits per heavy atom. The molecule has 0 aliphatic carbocycles. The summed E-state index contributed by atoms with van der Waals surface area (Å²) in [6.45, 7) is 17.3. The van der Waals surface area contributed by atoms with E-state index < -0.39 is 131 Å². The lowest BCUT2D eigenvalue weighted by atomic mass is 10.1. The number of nitrogens with one attached hydrogen (secondary N) is 3. The predicted octanol–water partition coefficient (Wildman–Crippen LogP) is 5.34. The van der Waals surface area contributed by atoms with Crippen LogP contribution in [0.5, 0.6) is 0 Å². The standard InChI is InChI=1S/C16H24N3O3PS.2C15H24N5O4P.C15H23N4O3PS.4CH4/c1-9-17-14-10(15(24)18-9)5-7-19(14)16-13(21)12(20)11(22-16)6-8-23(2,3)4;1-19-13(23)9-12(18-15(19)16)20(7-17-9)14-11(22)10(21)8(24-14)5-6-25(2,3)4;1-7-17-12-9(13(23)18-7)19-15(16)20(12)14-11(22)10(21)8(24-14)5-6-25(2,3)4;1-8-17-13-10(14(24)18-8)16-7-19(13)15-12(21)11(20)9(22-15)5-6-23(2,3)4;;;;/h5,7,11-13,16,20-21H,2,6,8H2,1,3-4H3,(H,17,18,24);7-8,10-11,14,21-22H,2,5-6H2,1,3-4H3,(H2,16,18);8,10-11,14,21-22H,2,5-6H2,1,3-4H3,(H2,16,19)(H,17,18,23);7,9,11-12,15,20-21H,2,5-6H2,1,3-4H3,(H,17,18,24);4*1H4/t11-,12-,13-,16-;2*8-,10-,11-,14-;9-,11-,12-,15-;;;;/m1111..../s1. The summed E-state index contributed by atoms with van der Waals surface area (Å²) < 4.78 is 32.1. The molecule has 0 unspecified atom stereocenters. The van der Waals surface area contributed by atoms with Gasteiger partial charge in [-0.1, -0.05) is 54.1 Å². The molecular weight excluding hydrogens is 1430 g/mol. The number of hydrogen-bond acceptors (Lipinski definition) is 25. The van der Waals surface area contributed by atoms with E-state index in [4.69, 9.17) is 54.9 Å². The van der Waals surface area contributed by atoms with Gasteiger partial charge in [0.05, 0.1) is 42.5 Å². The summed E-state index contributed by atoms with van der Waals surface area (Å²) in [7, 11) is 1.51. The molecule has 0 bridgehead atoms. The number of aryl methyl sites for hydroxylation is 3. The van der Waals surface area contributed by atoms with Gasteiger partial charge < -0.3 is 90.8 Å². The van der Waals surface area contributed by atoms with Gasteiger partial charge in [-0.25, -0.2) is 29.9 Å². The number of nitrogen functional groups attached to an aromatic ring is 2. The zero-order valence-corrected chi connectivity index (χ0v) is 62.4. The van der Waals surface area contributed by atoms with Crippen LogP contribution < -0.4 is 22.6 Å². The molecule has 12 rings (SSSR count). The van der Waals surface area contributed by atoms with Gasteiger partial charge in [0, 0.05) is 13.2 Å². The van der Waals surface area contributed by atoms with E-state index in [0.29, 0.717) is 63.6 Å². The molecule has 0 radical (unpaired) electrons. The largest absolute Gasteiger partial charge is 0.388 e. The van der Waals surface area contributed by atoms with Gasteiger partial charge in [-0.3, -0.25) is 27.9 Å². The number of hydrogen-bond donors (Lipinski definition) is 13. The lowest BCUT2D eigenvalue weighted by Crippen LogP contribution is -2.32. The van der Waals surface area contributed by atoms with Crippen molar-refractivity contribution in [1.29, 1.82) is 0 Å². The van der Waals surface area contributed by atoms with E-state index in [-0.39, 0.29) is 69.5 Å². The molecule has 8 aromatic heterocycles. The number of aromatic amines is 3. The third kappa shape index (κ3) is 19.6. The molecule has 15 N–H and O–H groups in total. The van der Waals surface area contributed by atoms with Crippen molar-refractivity contribution in [2.45, 2.75) is 174 Å². The Kier molecular flexibility index (Phi) is 29.1. The number of H-pyrrole nitrogens is 3. The summed E-state index contributed by atoms with van der Waals surface area (Å²) in [6, 6.07) is 1.85. The van der Waals surface area contributed by atoms with Crippen LogP contribution in [0.1, 0.15) is 97.8 Å². The minimum absolute atomic E-state index is 0. The summed E-state index contributed by atoms with van der Waals surface area (Å²) in [4.78, 5) is 62.3. The van der Waals surface area contributed by atoms with Crippen molar-refractivity contribution in [2.24, 2.45) is 7.05 Å². The second-order valence-corrected chi connectivity index (χ2v) is 46.4. The number of anilines is 2. The number of fused-ring (bicyclic) bond motifs is 4. The van der Waals surface area contributed by atoms with Crippen molar-refractivity contribution >= 4 is 134 Å². The second-order valence-electron chi connectivity index (χ2n) is 28.4. The van der Waals surface area contributed by atoms with Crippen LogP contribution in [0.4, 0.5) is 11.9 Å². The van der Waals surface area contributed by atoms with Gasteiger partial charge in [-0.05, 0) is 130 Å². The molecule has 4 fully saturated rings. The highest BCUT2D eigenvalue weighted by atomic mass is 32.1. The summed E-state index contributed by atoms with van der Waals surface area (Å²) >= 11 is 10.5. The predicted molar refractivity (Wildman–Crippen MR) is 424 cm³/mol. The first-order chi connectivity index (χ1) is 45.5. The van der Waals surface area contributed by atoms with E-state index in [9.17, 15) is 50.4 Å². The Morgan fingerprint density at radius 3 is 1.32 bits per heavy atom. The molecule has 0 amide bonds. The van der Waals surface area contributed by atoms with Gasteiger partial charge in [0.15, 0.2) is 51.9 Å². The van der Waals surface area contributed by atoms with Gasteiger partial charge in [0.2, 0.25) is 11.9 Å². The van der Waals surface area contributed by atoms with Crippen molar-refractivity contribution in [2.75, 3.05) is 89.4 Å². The molecule has 572 valence electrons. The number of aromatic nitrogens is 15. The van der Waals surface area contributed by atoms with Crippen molar-refractivity contribution in [3.63, 3.8) is 0 Å². The van der Waals surface area contributed by atoms with E-state index in [0.717, 1.165) is 35.7 Å². The van der Waals surface area contributed by atoms with Gasteiger partial charge in [0.1, 0.15) is 87.8 Å². The Hall–Kier alpha value is -5.37. The smallest absolute Gasteiger partial charge is 0.282 e. The molecule has 4 saturated heterocycles. The zero-order valence-electron chi connectivity index (χ0n) is 57.2. The molecular formula is C65H111N17O14P4S2. The number of imidazole rings is 3. The van der Waals surface area contributed by atoms with E-state index in [1.165, 1.54) is 27.1 Å². The van der Waals surface area contributed by atoms with Gasteiger partial charge in [0.25, 0.3) is 11.1 Å². The van der Waals surface area contributed by atoms with E-state index in [2.05, 4.69) is 128 Å². The summed E-state index contributed by atoms with van der Waals surface area (Å²) in [6.07, 6.45) is 14.0. The molecule has 37 heteroatoms. The molecule has 0 saturated carbocycles. The van der Waals surface area contributed by atoms with Crippen molar-refractivity contribution in [3.8, 4) is 0 Å². The number of rotatable bonds is 16. The van der Waals surface area contributed by atoms with Gasteiger partial charge in [-0.2, -0.15) is 4.98 Å². The highest BCUT2D eigenvalue weighted by Crippen LogP contribution is 2.44. The average molecular weight is 1540 g/mol. The topological polar surface area (TPSA) is 447 Å². The van der Waals surface area contributed by atoms with Gasteiger partial charge >= 0.3 is 0 Å². The summed E-state index contributed by atoms with van der Waals surface area (Å²) in [5.74, 6) is 1.78. The molecule has 12 heterocycles. The number of aliphatic hydroxyl groups excluding tert-OH is 8. The molecule has 0 aromatic carbocycles. The maximum atomic E-state index is 12.2. The fraction of sp³-hybridized carbons (Fsp3) is 0.615. The highest BCUT2D eigenvalue weighted by molar-refractivity contribution is 7.73. The monoisotopic (exact) mass is 1540 g/mol. The molecule has 16 atom stereocenters. The fourth-order valence-electron chi connectivity index (χ4n) is 11.9. The van der Waals surface area contributed by atoms with Crippen LogP contribution in [-0.4, -0.2) is 290 Å². The molecule has 102 heavy (non-hydrogen) atoms. The van der Waals surface area contributed by atoms with Crippen LogP contribution in [0.25, 0.3) is 44.5 Å². The molecule has 31 nitrogen and oxygen atoms in total. The second kappa shape index (κ2) is 34.0. The Labute approximate surface area is 606 Å². The minimum Gasteiger partial charge on any atom is -0.388 e. The Bertz CT molecular complexity index is 4540. The first-order valence-corrected chi connectivity index (χ1v) is 44.8. The van der Waals surface area contributed by atoms with Crippen LogP contribution in [0.15, 0.2) is 34.5 Å². The van der Waals surface area contributed by atoms with E-state index in [1.54, 1.807) is 35.5 Å². The van der Waals surface area contributed by atoms with Crippen LogP contribution in [-0.2, 0) is 26.0 Å². The minimum atomic E-state index is -1.28. The molecule has 4 aliphatic rings. The third-order valence-electron chi connectivity index (χ3n) is 17.3. The fourth-order valence-corrected chi connectivity index (χ4v) is 16.3. The number of nitrogens with zero attached hydrogens (tertiary/aromatic N) is 12. The molecule has 8 aromatic rings. The van der Waals surface area contributed by atoms with Crippen molar-refractivity contribution in [3.05, 3.63) is 72.4 Å². The van der Waals surface area contributed by atoms with Crippen molar-refractivity contribution < 1.29 is 59.8 Å². The zero-order chi connectivity index (χ0) is 72.3. The molecule has 0 spiro atoms. The lowest BCUT2D eigenvalue weighted by Gasteiger charge is -2.19. The SMILES string of the molecule is C.C.C.C.C=P(C)(C)CC[C@H]1O[C@@H](n2c(N)nc3c(=O)[nH]c(C)nc32)[C@H](O)[C@@H]1O.C=P(C)(C)CC[C@H]1O[C@@H](n2ccc3c(=S)nc(C)[nH]c32)[C@H](O)[C@@H]1O.C=P(C)(C)CC[C@H]1O[C@@H](n2cnc3c(=O)n(C)c(N)nc32)[C@H](O)[C@@H]1O.C=P(C)(C)CC[C@H]1O[C@@H](n2cnc3c(=S)nc(C)[nH]c32)[C@H](O)[C@@H]1O. The number of aliphatic hydroxyl groups is 8. The van der Waals surface area contributed by atoms with Crippen LogP contribution in [0, 0.1) is 30.1 Å². The summed E-state index contributed by atoms with van der Waals surface area (Å²) in [5, 5.41) is 84.0. The summed E-state index contributed by atoms with van der Waals surface area (Å²) in [5.41, 5.74) is 13.5. The van der Waals surface area contributed by atoms with Crippen LogP contribution >= 0.6 is 52.0 Å². The van der Waals surface area contributed by atoms with Crippen molar-refractivity contribution in [1.82, 2.24) is 72.7 Å². The third-order valence-corrected chi connectivity index (χ3v) is 23.8. The quantitative estimate of drug-likeness (QED) is 0.0429. The highest BCUT2D eigenvalue weighted by Gasteiger charge is 2.48. The molecule has 4 aliphatic heterocycles. The van der Waals surface area contributed by atoms with Gasteiger partial charge in [-0.15, -0.1) is 52.7 Å². The Balaban J connectivity index is 0.000000242.